The predicted octanol–water partition coefficient (Wildman–Crippen LogP) is 0.761. The van der Waals surface area contributed by atoms with Gasteiger partial charge in [0, 0.05) is 38.9 Å². The van der Waals surface area contributed by atoms with Gasteiger partial charge in [-0.2, -0.15) is 0 Å². The predicted molar refractivity (Wildman–Crippen MR) is 80.5 cm³/mol. The molecule has 1 aromatic rings. The topological polar surface area (TPSA) is 65.9 Å². The molecule has 1 aliphatic rings. The maximum Gasteiger partial charge on any atom is 0.339 e. The first kappa shape index (κ1) is 15.7. The lowest BCUT2D eigenvalue weighted by molar-refractivity contribution is 0.0526. The molecular weight excluding hydrogens is 270 g/mol. The number of nitrogens with zero attached hydrogens (tertiary/aromatic N) is 3. The highest BCUT2D eigenvalue weighted by Crippen LogP contribution is 2.14. The molecule has 1 fully saturated rings. The van der Waals surface area contributed by atoms with E-state index in [1.165, 1.54) is 0 Å². The van der Waals surface area contributed by atoms with Crippen molar-refractivity contribution in [2.24, 2.45) is 0 Å². The van der Waals surface area contributed by atoms with Gasteiger partial charge in [-0.1, -0.05) is 0 Å². The number of aliphatic hydroxyl groups excluding tert-OH is 1. The van der Waals surface area contributed by atoms with Gasteiger partial charge in [0.05, 0.1) is 18.3 Å². The van der Waals surface area contributed by atoms with Crippen LogP contribution in [0.3, 0.4) is 0 Å². The highest BCUT2D eigenvalue weighted by Gasteiger charge is 2.19. The molecule has 0 aliphatic carbocycles. The molecular formula is C15H23N3O3. The van der Waals surface area contributed by atoms with Crippen LogP contribution in [0, 0.1) is 0 Å². The van der Waals surface area contributed by atoms with Crippen LogP contribution in [0.2, 0.25) is 0 Å². The van der Waals surface area contributed by atoms with Crippen molar-refractivity contribution in [2.45, 2.75) is 20.0 Å². The molecule has 6 nitrogen and oxygen atoms in total. The van der Waals surface area contributed by atoms with E-state index in [9.17, 15) is 9.90 Å². The number of ether oxygens (including phenoxy) is 1. The van der Waals surface area contributed by atoms with Crippen LogP contribution in [0.5, 0.6) is 0 Å². The second kappa shape index (κ2) is 7.38. The molecule has 0 spiro atoms. The molecule has 2 heterocycles. The molecule has 0 amide bonds. The first-order chi connectivity index (χ1) is 10.1. The summed E-state index contributed by atoms with van der Waals surface area (Å²) in [6.07, 6.45) is 1.27. The van der Waals surface area contributed by atoms with Gasteiger partial charge in [0.15, 0.2) is 0 Å². The van der Waals surface area contributed by atoms with Crippen LogP contribution >= 0.6 is 0 Å². The van der Waals surface area contributed by atoms with Crippen molar-refractivity contribution in [2.75, 3.05) is 44.2 Å². The third kappa shape index (κ3) is 4.41. The lowest BCUT2D eigenvalue weighted by Crippen LogP contribution is -2.48. The third-order valence-corrected chi connectivity index (χ3v) is 3.48. The quantitative estimate of drug-likeness (QED) is 0.809. The molecule has 6 heteroatoms. The maximum atomic E-state index is 11.6. The summed E-state index contributed by atoms with van der Waals surface area (Å²) in [4.78, 5) is 20.4. The fourth-order valence-electron chi connectivity index (χ4n) is 2.44. The van der Waals surface area contributed by atoms with Crippen LogP contribution in [0.15, 0.2) is 18.3 Å². The van der Waals surface area contributed by atoms with Gasteiger partial charge in [-0.3, -0.25) is 4.90 Å². The minimum atomic E-state index is -0.335. The number of piperazine rings is 1. The van der Waals surface area contributed by atoms with Crippen molar-refractivity contribution in [3.05, 3.63) is 23.9 Å². The molecule has 1 aromatic heterocycles. The first-order valence-electron chi connectivity index (χ1n) is 7.38. The minimum Gasteiger partial charge on any atom is -0.462 e. The van der Waals surface area contributed by atoms with Crippen LogP contribution in [-0.4, -0.2) is 66.4 Å². The zero-order chi connectivity index (χ0) is 15.2. The van der Waals surface area contributed by atoms with Gasteiger partial charge in [-0.15, -0.1) is 0 Å². The third-order valence-electron chi connectivity index (χ3n) is 3.48. The normalized spacial score (nSPS) is 17.6. The van der Waals surface area contributed by atoms with Gasteiger partial charge in [0.2, 0.25) is 0 Å². The Morgan fingerprint density at radius 2 is 2.10 bits per heavy atom. The van der Waals surface area contributed by atoms with E-state index < -0.39 is 0 Å². The number of β-amino-alcohol motifs (C(OH)–C–C–N with tert-alkyl or cyclic N) is 1. The van der Waals surface area contributed by atoms with Gasteiger partial charge >= 0.3 is 5.97 Å². The molecule has 0 unspecified atom stereocenters. The summed E-state index contributed by atoms with van der Waals surface area (Å²) in [5.41, 5.74) is 0.480. The number of rotatable bonds is 5. The lowest BCUT2D eigenvalue weighted by atomic mass is 10.2. The Hall–Kier alpha value is -1.66. The van der Waals surface area contributed by atoms with Gasteiger partial charge in [-0.25, -0.2) is 9.78 Å². The fraction of sp³-hybridized carbons (Fsp3) is 0.600. The second-order valence-electron chi connectivity index (χ2n) is 5.26. The van der Waals surface area contributed by atoms with Crippen molar-refractivity contribution in [1.29, 1.82) is 0 Å². The average molecular weight is 293 g/mol. The molecule has 1 N–H and O–H groups in total. The lowest BCUT2D eigenvalue weighted by Gasteiger charge is -2.35. The summed E-state index contributed by atoms with van der Waals surface area (Å²) in [6, 6.07) is 3.61. The van der Waals surface area contributed by atoms with Crippen molar-refractivity contribution < 1.29 is 14.6 Å². The number of carbonyl (C=O) groups excluding carboxylic acids is 1. The van der Waals surface area contributed by atoms with Crippen LogP contribution < -0.4 is 4.90 Å². The zero-order valence-corrected chi connectivity index (χ0v) is 12.7. The standard InChI is InChI=1S/C15H23N3O3/c1-3-21-15(20)13-4-5-14(16-10-13)18-8-6-17(7-9-18)11-12(2)19/h4-5,10,12,19H,3,6-9,11H2,1-2H3/t12-/m1/s1. The van der Waals surface area contributed by atoms with E-state index in [1.807, 2.05) is 13.0 Å². The molecule has 21 heavy (non-hydrogen) atoms. The number of hydrogen-bond donors (Lipinski definition) is 1. The molecule has 0 saturated carbocycles. The van der Waals surface area contributed by atoms with Crippen molar-refractivity contribution in [3.8, 4) is 0 Å². The van der Waals surface area contributed by atoms with Gasteiger partial charge in [0.25, 0.3) is 0 Å². The molecule has 0 radical (unpaired) electrons. The minimum absolute atomic E-state index is 0.293. The number of esters is 1. The van der Waals surface area contributed by atoms with E-state index in [2.05, 4.69) is 14.8 Å². The summed E-state index contributed by atoms with van der Waals surface area (Å²) < 4.78 is 4.94. The number of aromatic nitrogens is 1. The molecule has 1 saturated heterocycles. The van der Waals surface area contributed by atoms with Crippen molar-refractivity contribution in [1.82, 2.24) is 9.88 Å². The van der Waals surface area contributed by atoms with Gasteiger partial charge in [-0.05, 0) is 26.0 Å². The Labute approximate surface area is 125 Å². The summed E-state index contributed by atoms with van der Waals surface area (Å²) in [7, 11) is 0. The average Bonchev–Trinajstić information content (AvgIpc) is 2.48. The second-order valence-corrected chi connectivity index (χ2v) is 5.26. The van der Waals surface area contributed by atoms with Crippen molar-refractivity contribution >= 4 is 11.8 Å². The Bertz CT molecular complexity index is 454. The number of anilines is 1. The first-order valence-corrected chi connectivity index (χ1v) is 7.38. The molecule has 1 aliphatic heterocycles. The largest absolute Gasteiger partial charge is 0.462 e. The molecule has 0 aromatic carbocycles. The summed E-state index contributed by atoms with van der Waals surface area (Å²) in [5.74, 6) is 0.540. The maximum absolute atomic E-state index is 11.6. The van der Waals surface area contributed by atoms with E-state index in [0.717, 1.165) is 32.0 Å². The fourth-order valence-corrected chi connectivity index (χ4v) is 2.44. The van der Waals surface area contributed by atoms with E-state index in [1.54, 1.807) is 19.2 Å². The summed E-state index contributed by atoms with van der Waals surface area (Å²) in [5, 5.41) is 9.40. The number of carbonyl (C=O) groups is 1. The Kier molecular flexibility index (Phi) is 5.52. The molecule has 1 atom stereocenters. The van der Waals surface area contributed by atoms with Crippen molar-refractivity contribution in [3.63, 3.8) is 0 Å². The molecule has 0 bridgehead atoms. The van der Waals surface area contributed by atoms with Crippen LogP contribution in [0.25, 0.3) is 0 Å². The Balaban J connectivity index is 1.90. The molecule has 116 valence electrons. The SMILES string of the molecule is CCOC(=O)c1ccc(N2CCN(C[C@@H](C)O)CC2)nc1. The van der Waals surface area contributed by atoms with Crippen LogP contribution in [0.1, 0.15) is 24.2 Å². The highest BCUT2D eigenvalue weighted by atomic mass is 16.5. The Morgan fingerprint density at radius 3 is 2.62 bits per heavy atom. The van der Waals surface area contributed by atoms with E-state index in [0.29, 0.717) is 18.7 Å². The highest BCUT2D eigenvalue weighted by molar-refractivity contribution is 5.89. The van der Waals surface area contributed by atoms with E-state index in [4.69, 9.17) is 4.74 Å². The Morgan fingerprint density at radius 1 is 1.38 bits per heavy atom. The monoisotopic (exact) mass is 293 g/mol. The molecule has 2 rings (SSSR count). The van der Waals surface area contributed by atoms with Crippen LogP contribution in [-0.2, 0) is 4.74 Å². The zero-order valence-electron chi connectivity index (χ0n) is 12.7. The van der Waals surface area contributed by atoms with Gasteiger partial charge < -0.3 is 14.7 Å². The smallest absolute Gasteiger partial charge is 0.339 e. The van der Waals surface area contributed by atoms with Crippen LogP contribution in [0.4, 0.5) is 5.82 Å². The summed E-state index contributed by atoms with van der Waals surface area (Å²) in [6.45, 7) is 8.23. The summed E-state index contributed by atoms with van der Waals surface area (Å²) >= 11 is 0. The number of pyridine rings is 1. The number of aliphatic hydroxyl groups is 1. The van der Waals surface area contributed by atoms with Gasteiger partial charge in [0.1, 0.15) is 5.82 Å². The van der Waals surface area contributed by atoms with E-state index in [-0.39, 0.29) is 12.1 Å². The number of hydrogen-bond acceptors (Lipinski definition) is 6. The van der Waals surface area contributed by atoms with E-state index >= 15 is 0 Å².